The van der Waals surface area contributed by atoms with Crippen molar-refractivity contribution in [2.45, 2.75) is 45.7 Å². The van der Waals surface area contributed by atoms with Gasteiger partial charge < -0.3 is 10.2 Å². The first-order valence-corrected chi connectivity index (χ1v) is 7.47. The van der Waals surface area contributed by atoms with E-state index in [0.29, 0.717) is 12.1 Å². The third-order valence-electron chi connectivity index (χ3n) is 3.15. The summed E-state index contributed by atoms with van der Waals surface area (Å²) in [5.74, 6) is 0. The molecule has 2 nitrogen and oxygen atoms in total. The summed E-state index contributed by atoms with van der Waals surface area (Å²) in [6.45, 7) is 8.93. The van der Waals surface area contributed by atoms with E-state index in [9.17, 15) is 0 Å². The Hall–Kier alpha value is -0.380. The molecule has 0 aromatic carbocycles. The van der Waals surface area contributed by atoms with E-state index in [1.54, 1.807) is 0 Å². The molecule has 0 saturated carbocycles. The molecule has 1 N–H and O–H groups in total. The van der Waals surface area contributed by atoms with Crippen molar-refractivity contribution in [3.63, 3.8) is 0 Å². The quantitative estimate of drug-likeness (QED) is 0.767. The van der Waals surface area contributed by atoms with E-state index in [2.05, 4.69) is 55.5 Å². The Balaban J connectivity index is 2.30. The average Bonchev–Trinajstić information content (AvgIpc) is 2.79. The Morgan fingerprint density at radius 2 is 2.18 bits per heavy atom. The largest absolute Gasteiger partial charge is 0.313 e. The van der Waals surface area contributed by atoms with Crippen molar-refractivity contribution in [2.75, 3.05) is 20.1 Å². The van der Waals surface area contributed by atoms with Crippen LogP contribution in [-0.4, -0.2) is 37.1 Å². The molecule has 1 aromatic heterocycles. The van der Waals surface area contributed by atoms with E-state index < -0.39 is 0 Å². The molecule has 0 bridgehead atoms. The molecule has 0 radical (unpaired) electrons. The van der Waals surface area contributed by atoms with E-state index >= 15 is 0 Å². The van der Waals surface area contributed by atoms with Crippen molar-refractivity contribution in [1.82, 2.24) is 10.2 Å². The highest BCUT2D eigenvalue weighted by Gasteiger charge is 2.12. The normalized spacial score (nSPS) is 13.5. The molecule has 0 spiro atoms. The molecule has 1 heterocycles. The van der Waals surface area contributed by atoms with Crippen molar-refractivity contribution < 1.29 is 0 Å². The summed E-state index contributed by atoms with van der Waals surface area (Å²) in [6, 6.07) is 5.59. The number of hydrogen-bond acceptors (Lipinski definition) is 3. The van der Waals surface area contributed by atoms with Gasteiger partial charge in [-0.25, -0.2) is 0 Å². The molecular formula is C14H26N2S. The Morgan fingerprint density at radius 3 is 2.71 bits per heavy atom. The lowest BCUT2D eigenvalue weighted by molar-refractivity contribution is 0.229. The Morgan fingerprint density at radius 1 is 1.41 bits per heavy atom. The number of likely N-dealkylation sites (N-methyl/N-ethyl adjacent to an activating group) is 1. The molecule has 0 amide bonds. The van der Waals surface area contributed by atoms with E-state index in [-0.39, 0.29) is 0 Å². The molecule has 0 saturated heterocycles. The molecule has 0 aliphatic heterocycles. The van der Waals surface area contributed by atoms with Gasteiger partial charge in [0.05, 0.1) is 0 Å². The van der Waals surface area contributed by atoms with Gasteiger partial charge in [0.15, 0.2) is 0 Å². The first-order chi connectivity index (χ1) is 8.13. The van der Waals surface area contributed by atoms with Gasteiger partial charge in [-0.15, -0.1) is 11.3 Å². The van der Waals surface area contributed by atoms with Gasteiger partial charge in [-0.2, -0.15) is 0 Å². The second kappa shape index (κ2) is 7.85. The van der Waals surface area contributed by atoms with Gasteiger partial charge in [-0.05, 0) is 31.3 Å². The van der Waals surface area contributed by atoms with Crippen LogP contribution >= 0.6 is 11.3 Å². The van der Waals surface area contributed by atoms with Crippen LogP contribution in [0.1, 0.15) is 32.1 Å². The monoisotopic (exact) mass is 254 g/mol. The fourth-order valence-electron chi connectivity index (χ4n) is 1.91. The van der Waals surface area contributed by atoms with E-state index in [4.69, 9.17) is 0 Å². The van der Waals surface area contributed by atoms with Crippen LogP contribution in [-0.2, 0) is 6.42 Å². The predicted molar refractivity (Wildman–Crippen MR) is 77.9 cm³/mol. The molecule has 0 fully saturated rings. The second-order valence-electron chi connectivity index (χ2n) is 4.93. The zero-order valence-corrected chi connectivity index (χ0v) is 12.4. The minimum absolute atomic E-state index is 0.578. The van der Waals surface area contributed by atoms with Crippen LogP contribution in [0, 0.1) is 0 Å². The lowest BCUT2D eigenvalue weighted by Crippen LogP contribution is -2.42. The van der Waals surface area contributed by atoms with Crippen molar-refractivity contribution in [2.24, 2.45) is 0 Å². The highest BCUT2D eigenvalue weighted by molar-refractivity contribution is 7.09. The van der Waals surface area contributed by atoms with E-state index in [1.807, 2.05) is 11.3 Å². The summed E-state index contributed by atoms with van der Waals surface area (Å²) in [5.41, 5.74) is 0. The molecule has 98 valence electrons. The molecule has 1 unspecified atom stereocenters. The summed E-state index contributed by atoms with van der Waals surface area (Å²) < 4.78 is 0. The summed E-state index contributed by atoms with van der Waals surface area (Å²) in [7, 11) is 2.24. The van der Waals surface area contributed by atoms with Crippen molar-refractivity contribution >= 4 is 11.3 Å². The summed E-state index contributed by atoms with van der Waals surface area (Å²) >= 11 is 1.86. The standard InChI is InChI=1S/C14H26N2S/c1-5-13(11-15-12(2)3)16(4)9-8-14-7-6-10-17-14/h6-7,10,12-13,15H,5,8-9,11H2,1-4H3. The first-order valence-electron chi connectivity index (χ1n) is 6.59. The maximum Gasteiger partial charge on any atom is 0.0215 e. The number of hydrogen-bond donors (Lipinski definition) is 1. The third kappa shape index (κ3) is 5.66. The number of nitrogens with one attached hydrogen (secondary N) is 1. The van der Waals surface area contributed by atoms with Crippen LogP contribution in [0.5, 0.6) is 0 Å². The molecule has 3 heteroatoms. The lowest BCUT2D eigenvalue weighted by atomic mass is 10.1. The molecular weight excluding hydrogens is 228 g/mol. The van der Waals surface area contributed by atoms with Gasteiger partial charge in [-0.3, -0.25) is 0 Å². The summed E-state index contributed by atoms with van der Waals surface area (Å²) in [5, 5.41) is 5.69. The molecule has 17 heavy (non-hydrogen) atoms. The molecule has 0 aliphatic rings. The maximum atomic E-state index is 3.53. The van der Waals surface area contributed by atoms with Crippen LogP contribution in [0.3, 0.4) is 0 Å². The lowest BCUT2D eigenvalue weighted by Gasteiger charge is -2.28. The SMILES string of the molecule is CCC(CNC(C)C)N(C)CCc1cccs1. The highest BCUT2D eigenvalue weighted by atomic mass is 32.1. The second-order valence-corrected chi connectivity index (χ2v) is 5.97. The van der Waals surface area contributed by atoms with Gasteiger partial charge >= 0.3 is 0 Å². The average molecular weight is 254 g/mol. The fraction of sp³-hybridized carbons (Fsp3) is 0.714. The smallest absolute Gasteiger partial charge is 0.0215 e. The molecule has 0 aliphatic carbocycles. The molecule has 1 rings (SSSR count). The van der Waals surface area contributed by atoms with Gasteiger partial charge in [0, 0.05) is 30.1 Å². The van der Waals surface area contributed by atoms with Crippen LogP contribution in [0.4, 0.5) is 0 Å². The summed E-state index contributed by atoms with van der Waals surface area (Å²) in [4.78, 5) is 3.97. The number of thiophene rings is 1. The fourth-order valence-corrected chi connectivity index (χ4v) is 2.61. The van der Waals surface area contributed by atoms with E-state index in [1.165, 1.54) is 17.7 Å². The maximum absolute atomic E-state index is 3.53. The van der Waals surface area contributed by atoms with Crippen LogP contribution in [0.2, 0.25) is 0 Å². The Kier molecular flexibility index (Phi) is 6.78. The topological polar surface area (TPSA) is 15.3 Å². The van der Waals surface area contributed by atoms with Gasteiger partial charge in [0.1, 0.15) is 0 Å². The van der Waals surface area contributed by atoms with Crippen LogP contribution in [0.25, 0.3) is 0 Å². The van der Waals surface area contributed by atoms with E-state index in [0.717, 1.165) is 13.1 Å². The zero-order valence-electron chi connectivity index (χ0n) is 11.6. The number of nitrogens with zero attached hydrogens (tertiary/aromatic N) is 1. The van der Waals surface area contributed by atoms with Crippen LogP contribution in [0.15, 0.2) is 17.5 Å². The van der Waals surface area contributed by atoms with Crippen molar-refractivity contribution in [3.05, 3.63) is 22.4 Å². The summed E-state index contributed by atoms with van der Waals surface area (Å²) in [6.07, 6.45) is 2.38. The minimum atomic E-state index is 0.578. The van der Waals surface area contributed by atoms with Crippen LogP contribution < -0.4 is 5.32 Å². The van der Waals surface area contributed by atoms with Crippen molar-refractivity contribution in [1.29, 1.82) is 0 Å². The molecule has 1 atom stereocenters. The molecule has 1 aromatic rings. The predicted octanol–water partition coefficient (Wildman–Crippen LogP) is 3.00. The minimum Gasteiger partial charge on any atom is -0.313 e. The van der Waals surface area contributed by atoms with Gasteiger partial charge in [0.25, 0.3) is 0 Å². The van der Waals surface area contributed by atoms with Crippen molar-refractivity contribution in [3.8, 4) is 0 Å². The van der Waals surface area contributed by atoms with Gasteiger partial charge in [0.2, 0.25) is 0 Å². The zero-order chi connectivity index (χ0) is 12.7. The highest BCUT2D eigenvalue weighted by Crippen LogP contribution is 2.10. The van der Waals surface area contributed by atoms with Gasteiger partial charge in [-0.1, -0.05) is 26.8 Å². The Bertz CT molecular complexity index is 282. The third-order valence-corrected chi connectivity index (χ3v) is 4.08. The number of rotatable bonds is 8. The Labute approximate surface area is 110 Å². The first kappa shape index (κ1) is 14.7.